The lowest BCUT2D eigenvalue weighted by Gasteiger charge is -2.21. The largest absolute Gasteiger partial charge is 0.326 e. The van der Waals surface area contributed by atoms with Crippen molar-refractivity contribution in [3.8, 4) is 0 Å². The van der Waals surface area contributed by atoms with Crippen molar-refractivity contribution in [1.29, 1.82) is 0 Å². The van der Waals surface area contributed by atoms with Gasteiger partial charge >= 0.3 is 0 Å². The predicted molar refractivity (Wildman–Crippen MR) is 61.1 cm³/mol. The van der Waals surface area contributed by atoms with Gasteiger partial charge in [0.25, 0.3) is 0 Å². The van der Waals surface area contributed by atoms with Gasteiger partial charge in [0.2, 0.25) is 5.95 Å². The van der Waals surface area contributed by atoms with Crippen LogP contribution in [0.4, 0.5) is 20.3 Å². The van der Waals surface area contributed by atoms with Crippen LogP contribution in [0.15, 0.2) is 36.7 Å². The van der Waals surface area contributed by atoms with Gasteiger partial charge in [-0.05, 0) is 25.1 Å². The van der Waals surface area contributed by atoms with Gasteiger partial charge in [-0.15, -0.1) is 0 Å². The first-order valence-electron chi connectivity index (χ1n) is 5.21. The smallest absolute Gasteiger partial charge is 0.218 e. The van der Waals surface area contributed by atoms with E-state index in [0.29, 0.717) is 18.1 Å². The SMILES string of the molecule is CCN(c1cccc(F)c1)c1cc(F)ncn1. The van der Waals surface area contributed by atoms with Crippen molar-refractivity contribution in [2.45, 2.75) is 6.92 Å². The summed E-state index contributed by atoms with van der Waals surface area (Å²) in [6.45, 7) is 2.44. The van der Waals surface area contributed by atoms with Crippen LogP contribution in [0.1, 0.15) is 6.92 Å². The number of rotatable bonds is 3. The van der Waals surface area contributed by atoms with E-state index in [-0.39, 0.29) is 5.82 Å². The topological polar surface area (TPSA) is 29.0 Å². The molecular weight excluding hydrogens is 224 g/mol. The summed E-state index contributed by atoms with van der Waals surface area (Å²) >= 11 is 0. The molecule has 0 aliphatic rings. The molecule has 0 aliphatic heterocycles. The maximum atomic E-state index is 13.1. The number of aromatic nitrogens is 2. The lowest BCUT2D eigenvalue weighted by molar-refractivity contribution is 0.579. The number of halogens is 2. The first kappa shape index (κ1) is 11.4. The molecule has 0 saturated carbocycles. The lowest BCUT2D eigenvalue weighted by atomic mass is 10.2. The highest BCUT2D eigenvalue weighted by Gasteiger charge is 2.10. The number of hydrogen-bond acceptors (Lipinski definition) is 3. The zero-order chi connectivity index (χ0) is 12.3. The molecule has 0 saturated heterocycles. The number of benzene rings is 1. The molecule has 0 radical (unpaired) electrons. The minimum atomic E-state index is -0.607. The van der Waals surface area contributed by atoms with E-state index in [1.54, 1.807) is 17.0 Å². The predicted octanol–water partition coefficient (Wildman–Crippen LogP) is 2.91. The van der Waals surface area contributed by atoms with E-state index in [2.05, 4.69) is 9.97 Å². The standard InChI is InChI=1S/C12H11F2N3/c1-2-17(10-5-3-4-9(13)6-10)12-7-11(14)15-8-16-12/h3-8H,2H2,1H3. The molecule has 2 aromatic rings. The van der Waals surface area contributed by atoms with Gasteiger partial charge in [-0.25, -0.2) is 14.4 Å². The highest BCUT2D eigenvalue weighted by molar-refractivity contribution is 5.59. The van der Waals surface area contributed by atoms with Crippen molar-refractivity contribution in [1.82, 2.24) is 9.97 Å². The van der Waals surface area contributed by atoms with Gasteiger partial charge in [-0.3, -0.25) is 0 Å². The molecule has 0 unspecified atom stereocenters. The third-order valence-electron chi connectivity index (χ3n) is 2.33. The molecular formula is C12H11F2N3. The normalized spacial score (nSPS) is 10.3. The van der Waals surface area contributed by atoms with Gasteiger partial charge in [0, 0.05) is 18.3 Å². The van der Waals surface area contributed by atoms with E-state index < -0.39 is 5.95 Å². The van der Waals surface area contributed by atoms with Gasteiger partial charge in [0.15, 0.2) is 0 Å². The molecule has 1 aromatic carbocycles. The summed E-state index contributed by atoms with van der Waals surface area (Å²) in [5.74, 6) is -0.536. The highest BCUT2D eigenvalue weighted by Crippen LogP contribution is 2.23. The molecule has 88 valence electrons. The molecule has 0 spiro atoms. The third kappa shape index (κ3) is 2.55. The lowest BCUT2D eigenvalue weighted by Crippen LogP contribution is -2.17. The molecule has 0 aliphatic carbocycles. The second kappa shape index (κ2) is 4.86. The van der Waals surface area contributed by atoms with E-state index >= 15 is 0 Å². The van der Waals surface area contributed by atoms with Gasteiger partial charge in [-0.2, -0.15) is 4.39 Å². The summed E-state index contributed by atoms with van der Waals surface area (Å²) in [6, 6.07) is 7.30. The monoisotopic (exact) mass is 235 g/mol. The Labute approximate surface area is 97.7 Å². The van der Waals surface area contributed by atoms with Gasteiger partial charge in [-0.1, -0.05) is 6.07 Å². The molecule has 3 nitrogen and oxygen atoms in total. The van der Waals surface area contributed by atoms with Crippen LogP contribution in [-0.4, -0.2) is 16.5 Å². The molecule has 5 heteroatoms. The summed E-state index contributed by atoms with van der Waals surface area (Å²) in [6.07, 6.45) is 1.15. The van der Waals surface area contributed by atoms with E-state index in [9.17, 15) is 8.78 Å². The number of nitrogens with zero attached hydrogens (tertiary/aromatic N) is 3. The Morgan fingerprint density at radius 1 is 1.18 bits per heavy atom. The van der Waals surface area contributed by atoms with Crippen LogP contribution in [0.5, 0.6) is 0 Å². The zero-order valence-corrected chi connectivity index (χ0v) is 9.27. The molecule has 1 aromatic heterocycles. The Balaban J connectivity index is 2.40. The van der Waals surface area contributed by atoms with Crippen molar-refractivity contribution >= 4 is 11.5 Å². The van der Waals surface area contributed by atoms with Crippen LogP contribution in [0, 0.1) is 11.8 Å². The summed E-state index contributed by atoms with van der Waals surface area (Å²) in [5, 5.41) is 0. The number of anilines is 2. The molecule has 17 heavy (non-hydrogen) atoms. The first-order valence-corrected chi connectivity index (χ1v) is 5.21. The minimum absolute atomic E-state index is 0.338. The molecule has 1 heterocycles. The second-order valence-electron chi connectivity index (χ2n) is 3.42. The molecule has 0 N–H and O–H groups in total. The minimum Gasteiger partial charge on any atom is -0.326 e. The summed E-state index contributed by atoms with van der Waals surface area (Å²) in [4.78, 5) is 9.06. The Bertz CT molecular complexity index is 471. The van der Waals surface area contributed by atoms with E-state index in [1.165, 1.54) is 18.2 Å². The fraction of sp³-hybridized carbons (Fsp3) is 0.167. The van der Waals surface area contributed by atoms with Crippen LogP contribution in [-0.2, 0) is 0 Å². The van der Waals surface area contributed by atoms with Crippen molar-refractivity contribution in [2.75, 3.05) is 11.4 Å². The fourth-order valence-electron chi connectivity index (χ4n) is 1.59. The number of hydrogen-bond donors (Lipinski definition) is 0. The highest BCUT2D eigenvalue weighted by atomic mass is 19.1. The average Bonchev–Trinajstić information content (AvgIpc) is 2.30. The van der Waals surface area contributed by atoms with Crippen molar-refractivity contribution in [3.63, 3.8) is 0 Å². The van der Waals surface area contributed by atoms with E-state index in [4.69, 9.17) is 0 Å². The molecule has 0 bridgehead atoms. The Morgan fingerprint density at radius 2 is 2.00 bits per heavy atom. The van der Waals surface area contributed by atoms with Crippen LogP contribution in [0.3, 0.4) is 0 Å². The van der Waals surface area contributed by atoms with Crippen LogP contribution >= 0.6 is 0 Å². The maximum Gasteiger partial charge on any atom is 0.218 e. The summed E-state index contributed by atoms with van der Waals surface area (Å²) in [5.41, 5.74) is 0.630. The Hall–Kier alpha value is -2.04. The van der Waals surface area contributed by atoms with Gasteiger partial charge < -0.3 is 4.90 Å². The Morgan fingerprint density at radius 3 is 2.65 bits per heavy atom. The molecule has 0 fully saturated rings. The van der Waals surface area contributed by atoms with Crippen LogP contribution in [0.25, 0.3) is 0 Å². The van der Waals surface area contributed by atoms with Gasteiger partial charge in [0.1, 0.15) is 18.0 Å². The van der Waals surface area contributed by atoms with E-state index in [1.807, 2.05) is 6.92 Å². The van der Waals surface area contributed by atoms with E-state index in [0.717, 1.165) is 6.33 Å². The van der Waals surface area contributed by atoms with Crippen molar-refractivity contribution in [2.24, 2.45) is 0 Å². The van der Waals surface area contributed by atoms with Gasteiger partial charge in [0.05, 0.1) is 0 Å². The maximum absolute atomic E-state index is 13.1. The fourth-order valence-corrected chi connectivity index (χ4v) is 1.59. The first-order chi connectivity index (χ1) is 8.20. The van der Waals surface area contributed by atoms with Crippen molar-refractivity contribution in [3.05, 3.63) is 48.4 Å². The summed E-state index contributed by atoms with van der Waals surface area (Å²) in [7, 11) is 0. The second-order valence-corrected chi connectivity index (χ2v) is 3.42. The Kier molecular flexibility index (Phi) is 3.27. The molecule has 0 atom stereocenters. The molecule has 0 amide bonds. The third-order valence-corrected chi connectivity index (χ3v) is 2.33. The van der Waals surface area contributed by atoms with Crippen molar-refractivity contribution < 1.29 is 8.78 Å². The molecule has 2 rings (SSSR count). The summed E-state index contributed by atoms with van der Waals surface area (Å²) < 4.78 is 26.1. The van der Waals surface area contributed by atoms with Crippen LogP contribution < -0.4 is 4.90 Å². The quantitative estimate of drug-likeness (QED) is 0.766. The average molecular weight is 235 g/mol. The zero-order valence-electron chi connectivity index (χ0n) is 9.27. The van der Waals surface area contributed by atoms with Crippen LogP contribution in [0.2, 0.25) is 0 Å².